The average Bonchev–Trinajstić information content (AvgIpc) is 2.81. The highest BCUT2D eigenvalue weighted by atomic mass is 32.2. The Morgan fingerprint density at radius 1 is 1.18 bits per heavy atom. The van der Waals surface area contributed by atoms with Gasteiger partial charge in [0.05, 0.1) is 16.8 Å². The number of nitrogens with zero attached hydrogens (tertiary/aromatic N) is 2. The molecule has 7 heteroatoms. The van der Waals surface area contributed by atoms with Crippen LogP contribution in [0.1, 0.15) is 27.6 Å². The summed E-state index contributed by atoms with van der Waals surface area (Å²) in [6.07, 6.45) is 1.64. The Hall–Kier alpha value is -3.19. The summed E-state index contributed by atoms with van der Waals surface area (Å²) < 4.78 is 13.9. The van der Waals surface area contributed by atoms with Gasteiger partial charge in [-0.2, -0.15) is 0 Å². The number of hydrogen-bond acceptors (Lipinski definition) is 4. The third kappa shape index (κ3) is 3.25. The molecule has 0 unspecified atom stereocenters. The molecule has 3 aromatic rings. The van der Waals surface area contributed by atoms with Gasteiger partial charge in [0.1, 0.15) is 10.8 Å². The first-order valence-electron chi connectivity index (χ1n) is 8.73. The van der Waals surface area contributed by atoms with Gasteiger partial charge in [-0.25, -0.2) is 9.37 Å². The van der Waals surface area contributed by atoms with E-state index in [1.807, 2.05) is 6.92 Å². The monoisotopic (exact) mass is 393 g/mol. The zero-order valence-electron chi connectivity index (χ0n) is 15.0. The van der Waals surface area contributed by atoms with Crippen LogP contribution in [-0.2, 0) is 0 Å². The van der Waals surface area contributed by atoms with Gasteiger partial charge in [-0.3, -0.25) is 9.59 Å². The molecule has 0 radical (unpaired) electrons. The van der Waals surface area contributed by atoms with Crippen LogP contribution in [-0.4, -0.2) is 23.3 Å². The second-order valence-electron chi connectivity index (χ2n) is 6.12. The first kappa shape index (κ1) is 18.2. The maximum absolute atomic E-state index is 13.9. The molecule has 2 amide bonds. The van der Waals surface area contributed by atoms with E-state index in [0.29, 0.717) is 22.8 Å². The highest BCUT2D eigenvalue weighted by Gasteiger charge is 2.27. The first-order chi connectivity index (χ1) is 13.6. The molecule has 5 nitrogen and oxygen atoms in total. The van der Waals surface area contributed by atoms with Crippen LogP contribution < -0.4 is 10.2 Å². The summed E-state index contributed by atoms with van der Waals surface area (Å²) in [7, 11) is 0. The molecule has 0 fully saturated rings. The predicted octanol–water partition coefficient (Wildman–Crippen LogP) is 4.60. The van der Waals surface area contributed by atoms with Crippen LogP contribution in [0.25, 0.3) is 0 Å². The van der Waals surface area contributed by atoms with Crippen LogP contribution in [0.5, 0.6) is 0 Å². The number of hydrogen-bond donors (Lipinski definition) is 1. The van der Waals surface area contributed by atoms with Crippen LogP contribution >= 0.6 is 11.8 Å². The minimum Gasteiger partial charge on any atom is -0.322 e. The highest BCUT2D eigenvalue weighted by Crippen LogP contribution is 2.41. The van der Waals surface area contributed by atoms with E-state index in [-0.39, 0.29) is 11.5 Å². The van der Waals surface area contributed by atoms with Gasteiger partial charge in [0, 0.05) is 23.3 Å². The highest BCUT2D eigenvalue weighted by molar-refractivity contribution is 7.99. The molecule has 1 aliphatic rings. The fourth-order valence-corrected chi connectivity index (χ4v) is 4.10. The van der Waals surface area contributed by atoms with Gasteiger partial charge in [-0.05, 0) is 49.4 Å². The normalized spacial score (nSPS) is 12.8. The van der Waals surface area contributed by atoms with Gasteiger partial charge in [-0.15, -0.1) is 0 Å². The van der Waals surface area contributed by atoms with E-state index in [4.69, 9.17) is 0 Å². The molecule has 0 saturated carbocycles. The number of carbonyl (C=O) groups is 2. The molecule has 0 aliphatic carbocycles. The SMILES string of the molecule is CCN1C(=O)c2cccnc2Sc2cc(NC(=O)c3ccccc3F)ccc21. The molecule has 28 heavy (non-hydrogen) atoms. The molecule has 0 saturated heterocycles. The van der Waals surface area contributed by atoms with E-state index in [2.05, 4.69) is 10.3 Å². The Morgan fingerprint density at radius 3 is 2.79 bits per heavy atom. The second-order valence-corrected chi connectivity index (χ2v) is 7.15. The maximum atomic E-state index is 13.9. The van der Waals surface area contributed by atoms with Gasteiger partial charge in [-0.1, -0.05) is 23.9 Å². The van der Waals surface area contributed by atoms with Gasteiger partial charge < -0.3 is 10.2 Å². The summed E-state index contributed by atoms with van der Waals surface area (Å²) >= 11 is 1.37. The van der Waals surface area contributed by atoms with Crippen LogP contribution in [0.3, 0.4) is 0 Å². The molecule has 0 spiro atoms. The van der Waals surface area contributed by atoms with E-state index >= 15 is 0 Å². The van der Waals surface area contributed by atoms with E-state index < -0.39 is 11.7 Å². The standard InChI is InChI=1S/C21H16FN3O2S/c1-2-25-17-10-9-13(24-19(26)14-6-3-4-8-16(14)22)12-18(17)28-20-15(21(25)27)7-5-11-23-20/h3-12H,2H2,1H3,(H,24,26). The molecule has 0 atom stereocenters. The molecular weight excluding hydrogens is 377 g/mol. The lowest BCUT2D eigenvalue weighted by atomic mass is 10.2. The smallest absolute Gasteiger partial charge is 0.261 e. The van der Waals surface area contributed by atoms with Crippen molar-refractivity contribution in [2.75, 3.05) is 16.8 Å². The van der Waals surface area contributed by atoms with Crippen LogP contribution in [0.2, 0.25) is 0 Å². The van der Waals surface area contributed by atoms with E-state index in [0.717, 1.165) is 10.6 Å². The fourth-order valence-electron chi connectivity index (χ4n) is 3.05. The lowest BCUT2D eigenvalue weighted by Crippen LogP contribution is -2.30. The molecule has 1 N–H and O–H groups in total. The quantitative estimate of drug-likeness (QED) is 0.706. The van der Waals surface area contributed by atoms with E-state index in [9.17, 15) is 14.0 Å². The largest absolute Gasteiger partial charge is 0.322 e. The fraction of sp³-hybridized carbons (Fsp3) is 0.0952. The van der Waals surface area contributed by atoms with Crippen molar-refractivity contribution in [3.8, 4) is 0 Å². The topological polar surface area (TPSA) is 62.3 Å². The molecule has 2 heterocycles. The Kier molecular flexibility index (Phi) is 4.83. The van der Waals surface area contributed by atoms with Crippen molar-refractivity contribution >= 4 is 35.0 Å². The molecule has 1 aromatic heterocycles. The number of aromatic nitrogens is 1. The van der Waals surface area contributed by atoms with Crippen molar-refractivity contribution in [3.05, 3.63) is 77.7 Å². The van der Waals surface area contributed by atoms with Gasteiger partial charge >= 0.3 is 0 Å². The van der Waals surface area contributed by atoms with Crippen molar-refractivity contribution < 1.29 is 14.0 Å². The third-order valence-corrected chi connectivity index (χ3v) is 5.46. The molecule has 140 valence electrons. The van der Waals surface area contributed by atoms with Crippen LogP contribution in [0.4, 0.5) is 15.8 Å². The average molecular weight is 393 g/mol. The van der Waals surface area contributed by atoms with Gasteiger partial charge in [0.15, 0.2) is 0 Å². The Morgan fingerprint density at radius 2 is 2.00 bits per heavy atom. The predicted molar refractivity (Wildman–Crippen MR) is 107 cm³/mol. The molecule has 1 aliphatic heterocycles. The summed E-state index contributed by atoms with van der Waals surface area (Å²) in [5.74, 6) is -1.22. The van der Waals surface area contributed by atoms with Gasteiger partial charge in [0.25, 0.3) is 11.8 Å². The van der Waals surface area contributed by atoms with Crippen molar-refractivity contribution in [1.29, 1.82) is 0 Å². The molecule has 2 aromatic carbocycles. The van der Waals surface area contributed by atoms with Crippen LogP contribution in [0.15, 0.2) is 70.7 Å². The lowest BCUT2D eigenvalue weighted by molar-refractivity contribution is 0.0983. The summed E-state index contributed by atoms with van der Waals surface area (Å²) in [6, 6.07) is 14.6. The summed E-state index contributed by atoms with van der Waals surface area (Å²) in [5.41, 5.74) is 1.78. The number of halogens is 1. The Labute approximate surface area is 165 Å². The minimum absolute atomic E-state index is 0.0255. The van der Waals surface area contributed by atoms with Crippen molar-refractivity contribution in [1.82, 2.24) is 4.98 Å². The van der Waals surface area contributed by atoms with Crippen LogP contribution in [0, 0.1) is 5.82 Å². The van der Waals surface area contributed by atoms with Gasteiger partial charge in [0.2, 0.25) is 0 Å². The molecule has 4 rings (SSSR count). The zero-order valence-corrected chi connectivity index (χ0v) is 15.8. The second kappa shape index (κ2) is 7.44. The zero-order chi connectivity index (χ0) is 19.7. The number of rotatable bonds is 3. The molecular formula is C21H16FN3O2S. The minimum atomic E-state index is -0.579. The first-order valence-corrected chi connectivity index (χ1v) is 9.55. The lowest BCUT2D eigenvalue weighted by Gasteiger charge is -2.21. The maximum Gasteiger partial charge on any atom is 0.261 e. The van der Waals surface area contributed by atoms with E-state index in [1.54, 1.807) is 47.5 Å². The number of pyridine rings is 1. The summed E-state index contributed by atoms with van der Waals surface area (Å²) in [4.78, 5) is 32.1. The number of anilines is 2. The number of carbonyl (C=O) groups excluding carboxylic acids is 2. The Bertz CT molecular complexity index is 1090. The van der Waals surface area contributed by atoms with Crippen molar-refractivity contribution in [2.45, 2.75) is 16.8 Å². The number of amides is 2. The number of fused-ring (bicyclic) bond motifs is 2. The Balaban J connectivity index is 1.70. The number of nitrogens with one attached hydrogen (secondary N) is 1. The molecule has 0 bridgehead atoms. The summed E-state index contributed by atoms with van der Waals surface area (Å²) in [6.45, 7) is 2.41. The van der Waals surface area contributed by atoms with Crippen molar-refractivity contribution in [3.63, 3.8) is 0 Å². The third-order valence-electron chi connectivity index (χ3n) is 4.40. The summed E-state index contributed by atoms with van der Waals surface area (Å²) in [5, 5.41) is 3.33. The number of benzene rings is 2. The van der Waals surface area contributed by atoms with E-state index in [1.165, 1.54) is 30.0 Å². The van der Waals surface area contributed by atoms with Crippen molar-refractivity contribution in [2.24, 2.45) is 0 Å².